The van der Waals surface area contributed by atoms with Crippen LogP contribution in [-0.2, 0) is 11.8 Å². The van der Waals surface area contributed by atoms with Gasteiger partial charge in [0.25, 0.3) is 5.91 Å². The molecule has 0 radical (unpaired) electrons. The maximum Gasteiger partial charge on any atom is 0.257 e. The highest BCUT2D eigenvalue weighted by Crippen LogP contribution is 2.49. The van der Waals surface area contributed by atoms with Gasteiger partial charge in [0.15, 0.2) is 5.82 Å². The van der Waals surface area contributed by atoms with Gasteiger partial charge in [-0.3, -0.25) is 4.79 Å². The molecule has 0 unspecified atom stereocenters. The maximum absolute atomic E-state index is 12.8. The van der Waals surface area contributed by atoms with Crippen molar-refractivity contribution >= 4 is 5.91 Å². The summed E-state index contributed by atoms with van der Waals surface area (Å²) >= 11 is 0. The van der Waals surface area contributed by atoms with Crippen molar-refractivity contribution in [2.24, 2.45) is 11.8 Å². The Morgan fingerprint density at radius 3 is 2.96 bits per heavy atom. The van der Waals surface area contributed by atoms with E-state index in [-0.39, 0.29) is 11.3 Å². The zero-order valence-corrected chi connectivity index (χ0v) is 14.7. The summed E-state index contributed by atoms with van der Waals surface area (Å²) in [5, 5.41) is 4.30. The number of carbonyl (C=O) groups is 1. The van der Waals surface area contributed by atoms with E-state index in [4.69, 9.17) is 9.51 Å². The Bertz CT molecular complexity index is 760. The van der Waals surface area contributed by atoms with Gasteiger partial charge < -0.3 is 9.42 Å². The summed E-state index contributed by atoms with van der Waals surface area (Å²) in [6.07, 6.45) is 8.63. The summed E-state index contributed by atoms with van der Waals surface area (Å²) in [4.78, 5) is 27.3. The number of likely N-dealkylation sites (tertiary alicyclic amines) is 1. The highest BCUT2D eigenvalue weighted by Gasteiger charge is 2.54. The van der Waals surface area contributed by atoms with Crippen LogP contribution in [0.25, 0.3) is 0 Å². The summed E-state index contributed by atoms with van der Waals surface area (Å²) in [7, 11) is 0. The zero-order chi connectivity index (χ0) is 17.4. The van der Waals surface area contributed by atoms with Gasteiger partial charge in [-0.05, 0) is 24.7 Å². The first-order chi connectivity index (χ1) is 12.1. The van der Waals surface area contributed by atoms with Crippen LogP contribution in [0.15, 0.2) is 23.2 Å². The third-order valence-electron chi connectivity index (χ3n) is 5.46. The molecule has 1 aliphatic carbocycles. The van der Waals surface area contributed by atoms with E-state index in [9.17, 15) is 4.79 Å². The molecule has 2 aromatic rings. The minimum absolute atomic E-state index is 0.0136. The van der Waals surface area contributed by atoms with Crippen molar-refractivity contribution in [2.75, 3.05) is 13.1 Å². The molecule has 25 heavy (non-hydrogen) atoms. The third kappa shape index (κ3) is 2.81. The predicted octanol–water partition coefficient (Wildman–Crippen LogP) is 2.25. The molecule has 0 N–H and O–H groups in total. The zero-order valence-electron chi connectivity index (χ0n) is 14.7. The fourth-order valence-corrected chi connectivity index (χ4v) is 4.29. The van der Waals surface area contributed by atoms with E-state index in [0.29, 0.717) is 29.8 Å². The number of aromatic nitrogens is 4. The van der Waals surface area contributed by atoms with Crippen molar-refractivity contribution in [3.05, 3.63) is 36.0 Å². The molecule has 7 nitrogen and oxygen atoms in total. The molecule has 132 valence electrons. The predicted molar refractivity (Wildman–Crippen MR) is 89.8 cm³/mol. The van der Waals surface area contributed by atoms with Crippen molar-refractivity contribution in [3.63, 3.8) is 0 Å². The standard InChI is InChI=1S/C18H23N5O2/c1-12(2)6-15-21-17(22-25-15)18-5-3-4-14(18)9-23(10-18)16(24)13-7-19-11-20-8-13/h7-8,11-12,14H,3-6,9-10H2,1-2H3/t14-,18-/m1/s1. The van der Waals surface area contributed by atoms with Gasteiger partial charge in [0.2, 0.25) is 5.89 Å². The second-order valence-corrected chi connectivity index (χ2v) is 7.67. The van der Waals surface area contributed by atoms with Gasteiger partial charge in [-0.25, -0.2) is 9.97 Å². The highest BCUT2D eigenvalue weighted by molar-refractivity contribution is 5.94. The number of amides is 1. The molecule has 1 aliphatic heterocycles. The quantitative estimate of drug-likeness (QED) is 0.848. The SMILES string of the molecule is CC(C)Cc1nc([C@@]23CCC[C@@H]2CN(C(=O)c2cncnc2)C3)no1. The molecular formula is C18H23N5O2. The largest absolute Gasteiger partial charge is 0.339 e. The summed E-state index contributed by atoms with van der Waals surface area (Å²) in [6.45, 7) is 5.66. The van der Waals surface area contributed by atoms with E-state index in [1.807, 2.05) is 4.90 Å². The van der Waals surface area contributed by atoms with Crippen LogP contribution >= 0.6 is 0 Å². The van der Waals surface area contributed by atoms with Gasteiger partial charge in [-0.1, -0.05) is 25.4 Å². The lowest BCUT2D eigenvalue weighted by Crippen LogP contribution is -2.35. The molecule has 1 saturated heterocycles. The molecule has 0 aromatic carbocycles. The normalized spacial score (nSPS) is 25.6. The molecule has 0 spiro atoms. The van der Waals surface area contributed by atoms with Crippen LogP contribution in [0.4, 0.5) is 0 Å². The summed E-state index contributed by atoms with van der Waals surface area (Å²) < 4.78 is 5.49. The van der Waals surface area contributed by atoms with Gasteiger partial charge >= 0.3 is 0 Å². The van der Waals surface area contributed by atoms with E-state index in [0.717, 1.165) is 38.1 Å². The van der Waals surface area contributed by atoms with Crippen molar-refractivity contribution in [1.29, 1.82) is 0 Å². The van der Waals surface area contributed by atoms with Crippen LogP contribution in [0.1, 0.15) is 55.2 Å². The fraction of sp³-hybridized carbons (Fsp3) is 0.611. The first-order valence-corrected chi connectivity index (χ1v) is 8.96. The molecule has 1 saturated carbocycles. The smallest absolute Gasteiger partial charge is 0.257 e. The van der Waals surface area contributed by atoms with E-state index in [1.165, 1.54) is 6.33 Å². The highest BCUT2D eigenvalue weighted by atomic mass is 16.5. The number of hydrogen-bond acceptors (Lipinski definition) is 6. The summed E-state index contributed by atoms with van der Waals surface area (Å²) in [5.74, 6) is 2.34. The molecule has 0 bridgehead atoms. The van der Waals surface area contributed by atoms with Crippen molar-refractivity contribution in [1.82, 2.24) is 25.0 Å². The molecule has 1 amide bonds. The minimum Gasteiger partial charge on any atom is -0.339 e. The maximum atomic E-state index is 12.8. The van der Waals surface area contributed by atoms with Gasteiger partial charge in [-0.15, -0.1) is 0 Å². The molecule has 2 fully saturated rings. The molecule has 3 heterocycles. The lowest BCUT2D eigenvalue weighted by Gasteiger charge is -2.24. The molecule has 2 atom stereocenters. The monoisotopic (exact) mass is 341 g/mol. The van der Waals surface area contributed by atoms with Crippen LogP contribution < -0.4 is 0 Å². The van der Waals surface area contributed by atoms with E-state index < -0.39 is 0 Å². The molecule has 2 aliphatic rings. The van der Waals surface area contributed by atoms with Crippen LogP contribution in [0.3, 0.4) is 0 Å². The first kappa shape index (κ1) is 16.2. The lowest BCUT2D eigenvalue weighted by molar-refractivity contribution is 0.0776. The topological polar surface area (TPSA) is 85.0 Å². The van der Waals surface area contributed by atoms with Gasteiger partial charge in [0.1, 0.15) is 6.33 Å². The molecular weight excluding hydrogens is 318 g/mol. The van der Waals surface area contributed by atoms with Crippen molar-refractivity contribution < 1.29 is 9.32 Å². The number of fused-ring (bicyclic) bond motifs is 1. The Hall–Kier alpha value is -2.31. The Balaban J connectivity index is 1.58. The summed E-state index contributed by atoms with van der Waals surface area (Å²) in [5.41, 5.74) is 0.371. The van der Waals surface area contributed by atoms with Crippen LogP contribution in [0.5, 0.6) is 0 Å². The Kier molecular flexibility index (Phi) is 4.01. The van der Waals surface area contributed by atoms with Crippen LogP contribution in [0, 0.1) is 11.8 Å². The molecule has 4 rings (SSSR count). The second kappa shape index (κ2) is 6.20. The number of nitrogens with zero attached hydrogens (tertiary/aromatic N) is 5. The average Bonchev–Trinajstić information content (AvgIpc) is 3.28. The Labute approximate surface area is 146 Å². The van der Waals surface area contributed by atoms with Crippen molar-refractivity contribution in [3.8, 4) is 0 Å². The number of rotatable bonds is 4. The van der Waals surface area contributed by atoms with E-state index >= 15 is 0 Å². The second-order valence-electron chi connectivity index (χ2n) is 7.67. The first-order valence-electron chi connectivity index (χ1n) is 8.96. The lowest BCUT2D eigenvalue weighted by atomic mass is 9.80. The summed E-state index contributed by atoms with van der Waals surface area (Å²) in [6, 6.07) is 0. The minimum atomic E-state index is -0.163. The Morgan fingerprint density at radius 2 is 2.20 bits per heavy atom. The van der Waals surface area contributed by atoms with E-state index in [1.54, 1.807) is 12.4 Å². The Morgan fingerprint density at radius 1 is 1.40 bits per heavy atom. The van der Waals surface area contributed by atoms with Gasteiger partial charge in [-0.2, -0.15) is 4.98 Å². The van der Waals surface area contributed by atoms with Crippen molar-refractivity contribution in [2.45, 2.75) is 44.9 Å². The van der Waals surface area contributed by atoms with Gasteiger partial charge in [0, 0.05) is 31.9 Å². The van der Waals surface area contributed by atoms with E-state index in [2.05, 4.69) is 29.0 Å². The number of hydrogen-bond donors (Lipinski definition) is 0. The number of carbonyl (C=O) groups excluding carboxylic acids is 1. The van der Waals surface area contributed by atoms with Crippen LogP contribution in [-0.4, -0.2) is 44.0 Å². The van der Waals surface area contributed by atoms with Crippen LogP contribution in [0.2, 0.25) is 0 Å². The molecule has 7 heteroatoms. The third-order valence-corrected chi connectivity index (χ3v) is 5.46. The average molecular weight is 341 g/mol. The van der Waals surface area contributed by atoms with Gasteiger partial charge in [0.05, 0.1) is 11.0 Å². The molecule has 2 aromatic heterocycles. The fourth-order valence-electron chi connectivity index (χ4n) is 4.29.